The molecule has 0 fully saturated rings. The summed E-state index contributed by atoms with van der Waals surface area (Å²) in [5.41, 5.74) is 1.15. The van der Waals surface area contributed by atoms with Crippen LogP contribution < -0.4 is 10.9 Å². The average Bonchev–Trinajstić information content (AvgIpc) is 2.90. The topological polar surface area (TPSA) is 57.8 Å². The van der Waals surface area contributed by atoms with E-state index in [0.717, 1.165) is 0 Å². The van der Waals surface area contributed by atoms with Gasteiger partial charge in [-0.1, -0.05) is 18.2 Å². The molecule has 0 amide bonds. The van der Waals surface area contributed by atoms with Crippen LogP contribution in [0.5, 0.6) is 0 Å². The van der Waals surface area contributed by atoms with Gasteiger partial charge in [0.1, 0.15) is 16.3 Å². The maximum absolute atomic E-state index is 13.4. The van der Waals surface area contributed by atoms with E-state index in [2.05, 4.69) is 15.3 Å². The van der Waals surface area contributed by atoms with Crippen molar-refractivity contribution in [3.63, 3.8) is 0 Å². The van der Waals surface area contributed by atoms with Crippen molar-refractivity contribution in [2.24, 2.45) is 0 Å². The minimum atomic E-state index is -0.241. The van der Waals surface area contributed by atoms with Crippen molar-refractivity contribution in [1.82, 2.24) is 15.3 Å². The zero-order valence-corrected chi connectivity index (χ0v) is 11.3. The summed E-state index contributed by atoms with van der Waals surface area (Å²) in [7, 11) is 0. The van der Waals surface area contributed by atoms with E-state index >= 15 is 0 Å². The van der Waals surface area contributed by atoms with Crippen LogP contribution in [-0.2, 0) is 13.1 Å². The van der Waals surface area contributed by atoms with Gasteiger partial charge in [0.2, 0.25) is 0 Å². The number of benzene rings is 1. The Balaban J connectivity index is 1.71. The lowest BCUT2D eigenvalue weighted by Gasteiger charge is -2.05. The number of rotatable bonds is 4. The number of hydrogen-bond acceptors (Lipinski definition) is 4. The Morgan fingerprint density at radius 2 is 2.10 bits per heavy atom. The second kappa shape index (κ2) is 5.52. The molecule has 0 atom stereocenters. The van der Waals surface area contributed by atoms with Gasteiger partial charge in [-0.3, -0.25) is 4.79 Å². The predicted molar refractivity (Wildman–Crippen MR) is 77.2 cm³/mol. The Bertz CT molecular complexity index is 796. The van der Waals surface area contributed by atoms with Crippen LogP contribution in [-0.4, -0.2) is 9.97 Å². The minimum Gasteiger partial charge on any atom is -0.308 e. The van der Waals surface area contributed by atoms with Gasteiger partial charge in [0.25, 0.3) is 5.56 Å². The molecular weight excluding hydrogens is 277 g/mol. The van der Waals surface area contributed by atoms with Gasteiger partial charge < -0.3 is 10.3 Å². The first-order chi connectivity index (χ1) is 9.74. The molecule has 2 heterocycles. The van der Waals surface area contributed by atoms with Gasteiger partial charge in [0, 0.05) is 12.1 Å². The zero-order chi connectivity index (χ0) is 13.9. The van der Waals surface area contributed by atoms with Crippen molar-refractivity contribution in [2.75, 3.05) is 0 Å². The van der Waals surface area contributed by atoms with Crippen LogP contribution in [0.3, 0.4) is 0 Å². The molecule has 0 aliphatic heterocycles. The van der Waals surface area contributed by atoms with Crippen molar-refractivity contribution in [3.05, 3.63) is 63.3 Å². The quantitative estimate of drug-likeness (QED) is 0.775. The van der Waals surface area contributed by atoms with Crippen molar-refractivity contribution in [3.8, 4) is 0 Å². The van der Waals surface area contributed by atoms with E-state index in [4.69, 9.17) is 0 Å². The van der Waals surface area contributed by atoms with Gasteiger partial charge in [-0.25, -0.2) is 9.37 Å². The number of aromatic nitrogens is 2. The van der Waals surface area contributed by atoms with Crippen molar-refractivity contribution < 1.29 is 4.39 Å². The number of aromatic amines is 1. The van der Waals surface area contributed by atoms with Gasteiger partial charge >= 0.3 is 0 Å². The fourth-order valence-corrected chi connectivity index (χ4v) is 2.69. The lowest BCUT2D eigenvalue weighted by Crippen LogP contribution is -2.19. The largest absolute Gasteiger partial charge is 0.308 e. The van der Waals surface area contributed by atoms with Crippen LogP contribution in [0.4, 0.5) is 4.39 Å². The van der Waals surface area contributed by atoms with Crippen LogP contribution in [0.1, 0.15) is 11.4 Å². The summed E-state index contributed by atoms with van der Waals surface area (Å²) < 4.78 is 14.1. The molecular formula is C14H12FN3OS. The van der Waals surface area contributed by atoms with E-state index in [9.17, 15) is 9.18 Å². The molecule has 6 heteroatoms. The number of H-pyrrole nitrogens is 1. The van der Waals surface area contributed by atoms with Crippen LogP contribution in [0.2, 0.25) is 0 Å². The maximum Gasteiger partial charge on any atom is 0.268 e. The predicted octanol–water partition coefficient (Wildman–Crippen LogP) is 2.41. The third-order valence-electron chi connectivity index (χ3n) is 2.93. The first-order valence-electron chi connectivity index (χ1n) is 6.14. The molecule has 3 aromatic rings. The third-order valence-corrected chi connectivity index (χ3v) is 3.83. The summed E-state index contributed by atoms with van der Waals surface area (Å²) in [5, 5.41) is 4.91. The smallest absolute Gasteiger partial charge is 0.268 e. The Morgan fingerprint density at radius 1 is 1.25 bits per heavy atom. The van der Waals surface area contributed by atoms with Crippen molar-refractivity contribution >= 4 is 21.6 Å². The highest BCUT2D eigenvalue weighted by molar-refractivity contribution is 7.17. The first-order valence-corrected chi connectivity index (χ1v) is 7.02. The standard InChI is InChI=1S/C14H12FN3OS/c15-10-4-2-1-3-9(10)7-16-8-12-17-11-5-6-20-13(11)14(19)18-12/h1-6,16H,7-8H2,(H,17,18,19). The first kappa shape index (κ1) is 13.0. The van der Waals surface area contributed by atoms with Crippen LogP contribution in [0, 0.1) is 5.82 Å². The van der Waals surface area contributed by atoms with E-state index in [0.29, 0.717) is 34.7 Å². The van der Waals surface area contributed by atoms with E-state index in [1.54, 1.807) is 18.2 Å². The summed E-state index contributed by atoms with van der Waals surface area (Å²) in [4.78, 5) is 18.8. The Morgan fingerprint density at radius 3 is 2.95 bits per heavy atom. The van der Waals surface area contributed by atoms with Crippen LogP contribution in [0.25, 0.3) is 10.2 Å². The molecule has 20 heavy (non-hydrogen) atoms. The summed E-state index contributed by atoms with van der Waals surface area (Å²) in [5.74, 6) is 0.312. The summed E-state index contributed by atoms with van der Waals surface area (Å²) in [6, 6.07) is 8.41. The molecule has 0 bridgehead atoms. The fourth-order valence-electron chi connectivity index (χ4n) is 1.96. The Hall–Kier alpha value is -2.05. The molecule has 4 nitrogen and oxygen atoms in total. The molecule has 0 aliphatic carbocycles. The number of nitrogens with one attached hydrogen (secondary N) is 2. The number of fused-ring (bicyclic) bond motifs is 1. The van der Waals surface area contributed by atoms with E-state index in [-0.39, 0.29) is 11.4 Å². The molecule has 0 spiro atoms. The molecule has 2 aromatic heterocycles. The number of halogens is 1. The second-order valence-electron chi connectivity index (χ2n) is 4.34. The lowest BCUT2D eigenvalue weighted by molar-refractivity contribution is 0.583. The van der Waals surface area contributed by atoms with E-state index in [1.165, 1.54) is 17.4 Å². The highest BCUT2D eigenvalue weighted by Crippen LogP contribution is 2.13. The molecule has 2 N–H and O–H groups in total. The second-order valence-corrected chi connectivity index (χ2v) is 5.26. The minimum absolute atomic E-state index is 0.132. The van der Waals surface area contributed by atoms with Crippen molar-refractivity contribution in [1.29, 1.82) is 0 Å². The maximum atomic E-state index is 13.4. The van der Waals surface area contributed by atoms with Crippen molar-refractivity contribution in [2.45, 2.75) is 13.1 Å². The number of hydrogen-bond donors (Lipinski definition) is 2. The molecule has 0 radical (unpaired) electrons. The Labute approximate surface area is 118 Å². The molecule has 0 saturated carbocycles. The average molecular weight is 289 g/mol. The molecule has 0 saturated heterocycles. The molecule has 102 valence electrons. The highest BCUT2D eigenvalue weighted by atomic mass is 32.1. The van der Waals surface area contributed by atoms with Gasteiger partial charge in [0.15, 0.2) is 0 Å². The SMILES string of the molecule is O=c1[nH]c(CNCc2ccccc2F)nc2ccsc12. The van der Waals surface area contributed by atoms with Gasteiger partial charge in [-0.05, 0) is 17.5 Å². The zero-order valence-electron chi connectivity index (χ0n) is 10.5. The normalized spacial score (nSPS) is 11.1. The molecule has 1 aromatic carbocycles. The number of thiophene rings is 1. The molecule has 0 aliphatic rings. The summed E-state index contributed by atoms with van der Waals surface area (Å²) in [6.45, 7) is 0.771. The monoisotopic (exact) mass is 289 g/mol. The lowest BCUT2D eigenvalue weighted by atomic mass is 10.2. The van der Waals surface area contributed by atoms with Gasteiger partial charge in [-0.2, -0.15) is 0 Å². The van der Waals surface area contributed by atoms with Gasteiger partial charge in [-0.15, -0.1) is 11.3 Å². The Kier molecular flexibility index (Phi) is 3.58. The van der Waals surface area contributed by atoms with E-state index < -0.39 is 0 Å². The number of nitrogens with zero attached hydrogens (tertiary/aromatic N) is 1. The molecule has 3 rings (SSSR count). The summed E-state index contributed by atoms with van der Waals surface area (Å²) in [6.07, 6.45) is 0. The highest BCUT2D eigenvalue weighted by Gasteiger charge is 2.05. The van der Waals surface area contributed by atoms with Crippen LogP contribution in [0.15, 0.2) is 40.5 Å². The van der Waals surface area contributed by atoms with Crippen LogP contribution >= 0.6 is 11.3 Å². The molecule has 0 unspecified atom stereocenters. The fraction of sp³-hybridized carbons (Fsp3) is 0.143. The van der Waals surface area contributed by atoms with E-state index in [1.807, 2.05) is 11.4 Å². The van der Waals surface area contributed by atoms with Gasteiger partial charge in [0.05, 0.1) is 12.1 Å². The third kappa shape index (κ3) is 2.61. The summed E-state index contributed by atoms with van der Waals surface area (Å²) >= 11 is 1.37.